The smallest absolute Gasteiger partial charge is 0.112 e. The van der Waals surface area contributed by atoms with Crippen molar-refractivity contribution in [2.24, 2.45) is 0 Å². The number of thiazole rings is 1. The second-order valence-electron chi connectivity index (χ2n) is 4.77. The Morgan fingerprint density at radius 1 is 1.39 bits per heavy atom. The van der Waals surface area contributed by atoms with Gasteiger partial charge >= 0.3 is 0 Å². The van der Waals surface area contributed by atoms with Crippen molar-refractivity contribution in [3.63, 3.8) is 0 Å². The summed E-state index contributed by atoms with van der Waals surface area (Å²) < 4.78 is 0. The van der Waals surface area contributed by atoms with Crippen LogP contribution in [-0.2, 0) is 13.0 Å². The first-order chi connectivity index (χ1) is 8.65. The molecule has 18 heavy (non-hydrogen) atoms. The zero-order chi connectivity index (χ0) is 12.7. The molecule has 1 aliphatic rings. The third kappa shape index (κ3) is 1.86. The highest BCUT2D eigenvalue weighted by Gasteiger charge is 2.21. The van der Waals surface area contributed by atoms with Crippen LogP contribution in [0.2, 0.25) is 0 Å². The predicted molar refractivity (Wildman–Crippen MR) is 77.2 cm³/mol. The van der Waals surface area contributed by atoms with Crippen LogP contribution < -0.4 is 10.6 Å². The van der Waals surface area contributed by atoms with E-state index in [1.54, 1.807) is 11.3 Å². The van der Waals surface area contributed by atoms with E-state index in [1.807, 2.05) is 12.1 Å². The lowest BCUT2D eigenvalue weighted by molar-refractivity contribution is 0.827. The first-order valence-electron chi connectivity index (χ1n) is 6.20. The van der Waals surface area contributed by atoms with Crippen molar-refractivity contribution in [2.75, 3.05) is 17.2 Å². The molecule has 2 N–H and O–H groups in total. The zero-order valence-electron chi connectivity index (χ0n) is 10.7. The fraction of sp³-hybridized carbons (Fsp3) is 0.357. The number of fused-ring (bicyclic) bond motifs is 1. The fourth-order valence-corrected chi connectivity index (χ4v) is 3.41. The van der Waals surface area contributed by atoms with E-state index in [1.165, 1.54) is 21.1 Å². The summed E-state index contributed by atoms with van der Waals surface area (Å²) in [6, 6.07) is 6.18. The van der Waals surface area contributed by atoms with E-state index >= 15 is 0 Å². The van der Waals surface area contributed by atoms with Crippen molar-refractivity contribution in [2.45, 2.75) is 26.8 Å². The second-order valence-corrected chi connectivity index (χ2v) is 6.05. The van der Waals surface area contributed by atoms with Crippen LogP contribution in [0.1, 0.15) is 21.1 Å². The number of anilines is 2. The van der Waals surface area contributed by atoms with Crippen LogP contribution in [0.4, 0.5) is 11.4 Å². The Kier molecular flexibility index (Phi) is 2.74. The summed E-state index contributed by atoms with van der Waals surface area (Å²) >= 11 is 1.80. The molecule has 2 heterocycles. The highest BCUT2D eigenvalue weighted by atomic mass is 32.1. The molecular formula is C14H17N3S. The minimum absolute atomic E-state index is 0.899. The van der Waals surface area contributed by atoms with Crippen LogP contribution in [0.3, 0.4) is 0 Å². The summed E-state index contributed by atoms with van der Waals surface area (Å²) in [4.78, 5) is 8.31. The van der Waals surface area contributed by atoms with E-state index in [-0.39, 0.29) is 0 Å². The summed E-state index contributed by atoms with van der Waals surface area (Å²) in [5.41, 5.74) is 10.7. The summed E-state index contributed by atoms with van der Waals surface area (Å²) in [6.45, 7) is 6.15. The highest BCUT2D eigenvalue weighted by Crippen LogP contribution is 2.33. The van der Waals surface area contributed by atoms with Crippen molar-refractivity contribution in [3.05, 3.63) is 39.3 Å². The van der Waals surface area contributed by atoms with E-state index in [2.05, 4.69) is 29.8 Å². The van der Waals surface area contributed by atoms with E-state index in [9.17, 15) is 0 Å². The van der Waals surface area contributed by atoms with Gasteiger partial charge in [-0.05, 0) is 32.4 Å². The number of aryl methyl sites for hydroxylation is 2. The lowest BCUT2D eigenvalue weighted by Gasteiger charge is -2.17. The van der Waals surface area contributed by atoms with Gasteiger partial charge in [-0.15, -0.1) is 11.3 Å². The van der Waals surface area contributed by atoms with E-state index in [4.69, 9.17) is 5.73 Å². The number of benzene rings is 1. The van der Waals surface area contributed by atoms with Crippen molar-refractivity contribution in [1.29, 1.82) is 0 Å². The quantitative estimate of drug-likeness (QED) is 0.843. The van der Waals surface area contributed by atoms with Gasteiger partial charge in [0, 0.05) is 28.4 Å². The number of nitrogen functional groups attached to an aromatic ring is 1. The molecule has 3 nitrogen and oxygen atoms in total. The third-order valence-corrected chi connectivity index (χ3v) is 4.62. The van der Waals surface area contributed by atoms with Crippen LogP contribution >= 0.6 is 11.3 Å². The Balaban J connectivity index is 1.87. The Morgan fingerprint density at radius 2 is 2.22 bits per heavy atom. The molecule has 1 aromatic heterocycles. The second kappa shape index (κ2) is 4.28. The number of hydrogen-bond acceptors (Lipinski definition) is 4. The maximum Gasteiger partial charge on any atom is 0.112 e. The van der Waals surface area contributed by atoms with Crippen LogP contribution in [0.25, 0.3) is 0 Å². The van der Waals surface area contributed by atoms with Crippen molar-refractivity contribution in [1.82, 2.24) is 4.98 Å². The number of aromatic nitrogens is 1. The average Bonchev–Trinajstić information content (AvgIpc) is 2.86. The van der Waals surface area contributed by atoms with E-state index < -0.39 is 0 Å². The number of hydrogen-bond donors (Lipinski definition) is 1. The summed E-state index contributed by atoms with van der Waals surface area (Å²) in [5.74, 6) is 0. The number of nitrogens with two attached hydrogens (primary N) is 1. The van der Waals surface area contributed by atoms with Crippen molar-refractivity contribution >= 4 is 22.7 Å². The third-order valence-electron chi connectivity index (χ3n) is 3.56. The molecule has 0 radical (unpaired) electrons. The maximum absolute atomic E-state index is 6.02. The standard InChI is InChI=1S/C14H17N3S/c1-9-10(2)18-14(16-9)8-17-7-6-11-12(15)4-3-5-13(11)17/h3-5H,6-8,15H2,1-2H3. The molecule has 0 spiro atoms. The molecule has 0 amide bonds. The first kappa shape index (κ1) is 11.5. The fourth-order valence-electron chi connectivity index (χ4n) is 2.46. The largest absolute Gasteiger partial charge is 0.398 e. The molecule has 0 saturated carbocycles. The van der Waals surface area contributed by atoms with Crippen LogP contribution in [0, 0.1) is 13.8 Å². The summed E-state index contributed by atoms with van der Waals surface area (Å²) in [5, 5.41) is 1.19. The van der Waals surface area contributed by atoms with Gasteiger partial charge in [-0.3, -0.25) is 0 Å². The molecule has 4 heteroatoms. The minimum Gasteiger partial charge on any atom is -0.398 e. The Labute approximate surface area is 111 Å². The molecule has 2 aromatic rings. The first-order valence-corrected chi connectivity index (χ1v) is 7.02. The van der Waals surface area contributed by atoms with Gasteiger partial charge in [0.15, 0.2) is 0 Å². The molecule has 0 aliphatic carbocycles. The normalized spacial score (nSPS) is 14.0. The molecule has 94 valence electrons. The summed E-state index contributed by atoms with van der Waals surface area (Å²) in [7, 11) is 0. The average molecular weight is 259 g/mol. The van der Waals surface area contributed by atoms with Crippen molar-refractivity contribution in [3.8, 4) is 0 Å². The molecule has 0 bridgehead atoms. The highest BCUT2D eigenvalue weighted by molar-refractivity contribution is 7.11. The molecule has 1 aliphatic heterocycles. The van der Waals surface area contributed by atoms with Gasteiger partial charge in [0.1, 0.15) is 5.01 Å². The molecule has 0 unspecified atom stereocenters. The predicted octanol–water partition coefficient (Wildman–Crippen LogP) is 2.90. The summed E-state index contributed by atoms with van der Waals surface area (Å²) in [6.07, 6.45) is 1.05. The minimum atomic E-state index is 0.899. The lowest BCUT2D eigenvalue weighted by Crippen LogP contribution is -2.19. The maximum atomic E-state index is 6.02. The molecule has 0 saturated heterocycles. The SMILES string of the molecule is Cc1nc(CN2CCc3c(N)cccc32)sc1C. The van der Waals surface area contributed by atoms with Gasteiger partial charge in [-0.1, -0.05) is 6.07 Å². The van der Waals surface area contributed by atoms with Crippen LogP contribution in [0.5, 0.6) is 0 Å². The van der Waals surface area contributed by atoms with Crippen LogP contribution in [0.15, 0.2) is 18.2 Å². The topological polar surface area (TPSA) is 42.2 Å². The van der Waals surface area contributed by atoms with Gasteiger partial charge in [0.05, 0.1) is 12.2 Å². The molecule has 3 rings (SSSR count). The monoisotopic (exact) mass is 259 g/mol. The Hall–Kier alpha value is -1.55. The van der Waals surface area contributed by atoms with Gasteiger partial charge in [0.25, 0.3) is 0 Å². The van der Waals surface area contributed by atoms with Gasteiger partial charge in [0.2, 0.25) is 0 Å². The van der Waals surface area contributed by atoms with E-state index in [0.29, 0.717) is 0 Å². The lowest BCUT2D eigenvalue weighted by atomic mass is 10.1. The number of rotatable bonds is 2. The zero-order valence-corrected chi connectivity index (χ0v) is 11.5. The Bertz CT molecular complexity index is 569. The molecule has 0 atom stereocenters. The van der Waals surface area contributed by atoms with Gasteiger partial charge in [-0.25, -0.2) is 4.98 Å². The Morgan fingerprint density at radius 3 is 2.94 bits per heavy atom. The molecule has 1 aromatic carbocycles. The van der Waals surface area contributed by atoms with Crippen LogP contribution in [-0.4, -0.2) is 11.5 Å². The van der Waals surface area contributed by atoms with Crippen molar-refractivity contribution < 1.29 is 0 Å². The molecular weight excluding hydrogens is 242 g/mol. The van der Waals surface area contributed by atoms with Gasteiger partial charge < -0.3 is 10.6 Å². The number of nitrogens with zero attached hydrogens (tertiary/aromatic N) is 2. The molecule has 0 fully saturated rings. The van der Waals surface area contributed by atoms with E-state index in [0.717, 1.165) is 30.9 Å². The van der Waals surface area contributed by atoms with Gasteiger partial charge in [-0.2, -0.15) is 0 Å².